The molecule has 0 spiro atoms. The zero-order chi connectivity index (χ0) is 14.5. The van der Waals surface area contributed by atoms with Gasteiger partial charge in [0, 0.05) is 25.6 Å². The summed E-state index contributed by atoms with van der Waals surface area (Å²) in [5, 5.41) is 4.75. The van der Waals surface area contributed by atoms with E-state index in [2.05, 4.69) is 35.6 Å². The predicted molar refractivity (Wildman–Crippen MR) is 87.6 cm³/mol. The summed E-state index contributed by atoms with van der Waals surface area (Å²) in [5.74, 6) is 0. The van der Waals surface area contributed by atoms with Crippen LogP contribution in [0.2, 0.25) is 0 Å². The summed E-state index contributed by atoms with van der Waals surface area (Å²) < 4.78 is 5.45. The molecule has 4 heteroatoms. The summed E-state index contributed by atoms with van der Waals surface area (Å²) in [4.78, 5) is 6.14. The maximum Gasteiger partial charge on any atom is 0.0958 e. The smallest absolute Gasteiger partial charge is 0.0958 e. The molecule has 1 aliphatic rings. The SMILES string of the molecule is CCOCCc1nc(CNC2CC2)c(-c2ccccc2)s1. The number of aromatic nitrogens is 1. The Morgan fingerprint density at radius 3 is 2.81 bits per heavy atom. The average molecular weight is 302 g/mol. The van der Waals surface area contributed by atoms with Gasteiger partial charge >= 0.3 is 0 Å². The number of thiazole rings is 1. The molecule has 0 unspecified atom stereocenters. The molecule has 0 amide bonds. The van der Waals surface area contributed by atoms with Crippen molar-refractivity contribution >= 4 is 11.3 Å². The van der Waals surface area contributed by atoms with Crippen molar-refractivity contribution in [2.75, 3.05) is 13.2 Å². The Kier molecular flexibility index (Phi) is 5.01. The lowest BCUT2D eigenvalue weighted by molar-refractivity contribution is 0.151. The molecule has 3 nitrogen and oxygen atoms in total. The van der Waals surface area contributed by atoms with Gasteiger partial charge in [0.25, 0.3) is 0 Å². The Labute approximate surface area is 130 Å². The third-order valence-corrected chi connectivity index (χ3v) is 4.78. The second-order valence-electron chi connectivity index (χ2n) is 5.35. The van der Waals surface area contributed by atoms with Crippen LogP contribution in [0.25, 0.3) is 10.4 Å². The van der Waals surface area contributed by atoms with E-state index in [4.69, 9.17) is 9.72 Å². The molecule has 1 aromatic heterocycles. The molecule has 0 radical (unpaired) electrons. The number of benzene rings is 1. The largest absolute Gasteiger partial charge is 0.381 e. The topological polar surface area (TPSA) is 34.1 Å². The van der Waals surface area contributed by atoms with E-state index in [1.165, 1.54) is 34.0 Å². The second kappa shape index (κ2) is 7.16. The molecule has 0 atom stereocenters. The highest BCUT2D eigenvalue weighted by molar-refractivity contribution is 7.15. The molecule has 1 aromatic carbocycles. The Morgan fingerprint density at radius 2 is 2.10 bits per heavy atom. The Bertz CT molecular complexity index is 563. The van der Waals surface area contributed by atoms with Gasteiger partial charge in [0.05, 0.1) is 22.2 Å². The van der Waals surface area contributed by atoms with Gasteiger partial charge in [0.15, 0.2) is 0 Å². The van der Waals surface area contributed by atoms with Crippen molar-refractivity contribution in [3.63, 3.8) is 0 Å². The molecule has 1 aliphatic carbocycles. The number of hydrogen-bond donors (Lipinski definition) is 1. The fraction of sp³-hybridized carbons (Fsp3) is 0.471. The van der Waals surface area contributed by atoms with Crippen LogP contribution in [0.1, 0.15) is 30.5 Å². The first-order valence-corrected chi connectivity index (χ1v) is 8.53. The van der Waals surface area contributed by atoms with E-state index in [-0.39, 0.29) is 0 Å². The first-order valence-electron chi connectivity index (χ1n) is 7.72. The zero-order valence-electron chi connectivity index (χ0n) is 12.5. The standard InChI is InChI=1S/C17H22N2OS/c1-2-20-11-10-16-19-15(12-18-14-8-9-14)17(21-16)13-6-4-3-5-7-13/h3-7,14,18H,2,8-12H2,1H3. The molecular formula is C17H22N2OS. The normalized spacial score (nSPS) is 14.5. The van der Waals surface area contributed by atoms with E-state index in [9.17, 15) is 0 Å². The van der Waals surface area contributed by atoms with Crippen LogP contribution in [0.3, 0.4) is 0 Å². The molecule has 1 heterocycles. The third-order valence-electron chi connectivity index (χ3n) is 3.58. The van der Waals surface area contributed by atoms with E-state index < -0.39 is 0 Å². The highest BCUT2D eigenvalue weighted by Crippen LogP contribution is 2.31. The number of ether oxygens (including phenoxy) is 1. The molecule has 1 N–H and O–H groups in total. The van der Waals surface area contributed by atoms with Gasteiger partial charge in [-0.1, -0.05) is 30.3 Å². The molecule has 0 aliphatic heterocycles. The van der Waals surface area contributed by atoms with Gasteiger partial charge in [-0.05, 0) is 25.3 Å². The van der Waals surface area contributed by atoms with Gasteiger partial charge in [-0.2, -0.15) is 0 Å². The van der Waals surface area contributed by atoms with Crippen LogP contribution in [-0.4, -0.2) is 24.2 Å². The summed E-state index contributed by atoms with van der Waals surface area (Å²) in [7, 11) is 0. The van der Waals surface area contributed by atoms with E-state index >= 15 is 0 Å². The van der Waals surface area contributed by atoms with E-state index in [1.54, 1.807) is 11.3 Å². The summed E-state index contributed by atoms with van der Waals surface area (Å²) in [6.07, 6.45) is 3.52. The van der Waals surface area contributed by atoms with Crippen LogP contribution in [0.15, 0.2) is 30.3 Å². The summed E-state index contributed by atoms with van der Waals surface area (Å²) in [5.41, 5.74) is 2.45. The second-order valence-corrected chi connectivity index (χ2v) is 6.44. The summed E-state index contributed by atoms with van der Waals surface area (Å²) in [6.45, 7) is 4.43. The molecule has 0 bridgehead atoms. The first-order chi connectivity index (χ1) is 10.4. The van der Waals surface area contributed by atoms with Crippen LogP contribution >= 0.6 is 11.3 Å². The van der Waals surface area contributed by atoms with Gasteiger partial charge in [-0.15, -0.1) is 11.3 Å². The quantitative estimate of drug-likeness (QED) is 0.756. The molecule has 21 heavy (non-hydrogen) atoms. The Balaban J connectivity index is 1.77. The molecular weight excluding hydrogens is 280 g/mol. The highest BCUT2D eigenvalue weighted by Gasteiger charge is 2.22. The van der Waals surface area contributed by atoms with E-state index in [0.717, 1.165) is 26.2 Å². The van der Waals surface area contributed by atoms with Crippen molar-refractivity contribution in [2.45, 2.75) is 38.8 Å². The van der Waals surface area contributed by atoms with Gasteiger partial charge < -0.3 is 10.1 Å². The number of rotatable bonds is 8. The van der Waals surface area contributed by atoms with Crippen molar-refractivity contribution in [1.29, 1.82) is 0 Å². The molecule has 0 saturated heterocycles. The van der Waals surface area contributed by atoms with Crippen molar-refractivity contribution in [3.05, 3.63) is 41.0 Å². The van der Waals surface area contributed by atoms with Gasteiger partial charge in [0.2, 0.25) is 0 Å². The minimum absolute atomic E-state index is 0.710. The first kappa shape index (κ1) is 14.7. The highest BCUT2D eigenvalue weighted by atomic mass is 32.1. The molecule has 1 fully saturated rings. The third kappa shape index (κ3) is 4.13. The fourth-order valence-corrected chi connectivity index (χ4v) is 3.34. The van der Waals surface area contributed by atoms with Crippen molar-refractivity contribution in [3.8, 4) is 10.4 Å². The van der Waals surface area contributed by atoms with Crippen molar-refractivity contribution in [1.82, 2.24) is 10.3 Å². The van der Waals surface area contributed by atoms with Crippen LogP contribution in [0.5, 0.6) is 0 Å². The summed E-state index contributed by atoms with van der Waals surface area (Å²) in [6, 6.07) is 11.3. The van der Waals surface area contributed by atoms with Crippen molar-refractivity contribution in [2.24, 2.45) is 0 Å². The summed E-state index contributed by atoms with van der Waals surface area (Å²) >= 11 is 1.80. The van der Waals surface area contributed by atoms with E-state index in [1.807, 2.05) is 6.92 Å². The van der Waals surface area contributed by atoms with Crippen LogP contribution < -0.4 is 5.32 Å². The lowest BCUT2D eigenvalue weighted by Gasteiger charge is -2.03. The minimum Gasteiger partial charge on any atom is -0.381 e. The van der Waals surface area contributed by atoms with Gasteiger partial charge in [0.1, 0.15) is 0 Å². The van der Waals surface area contributed by atoms with Crippen LogP contribution in [0, 0.1) is 0 Å². The molecule has 3 rings (SSSR count). The molecule has 2 aromatic rings. The molecule has 1 saturated carbocycles. The number of nitrogens with one attached hydrogen (secondary N) is 1. The van der Waals surface area contributed by atoms with Gasteiger partial charge in [-0.25, -0.2) is 4.98 Å². The van der Waals surface area contributed by atoms with Gasteiger partial charge in [-0.3, -0.25) is 0 Å². The average Bonchev–Trinajstić information content (AvgIpc) is 3.26. The van der Waals surface area contributed by atoms with Crippen LogP contribution in [-0.2, 0) is 17.7 Å². The monoisotopic (exact) mass is 302 g/mol. The number of nitrogens with zero attached hydrogens (tertiary/aromatic N) is 1. The van der Waals surface area contributed by atoms with E-state index in [0.29, 0.717) is 6.04 Å². The number of hydrogen-bond acceptors (Lipinski definition) is 4. The molecule has 112 valence electrons. The lowest BCUT2D eigenvalue weighted by atomic mass is 10.1. The Hall–Kier alpha value is -1.23. The maximum absolute atomic E-state index is 5.45. The van der Waals surface area contributed by atoms with Crippen molar-refractivity contribution < 1.29 is 4.74 Å². The lowest BCUT2D eigenvalue weighted by Crippen LogP contribution is -2.16. The minimum atomic E-state index is 0.710. The maximum atomic E-state index is 5.45. The zero-order valence-corrected chi connectivity index (χ0v) is 13.3. The van der Waals surface area contributed by atoms with Crippen LogP contribution in [0.4, 0.5) is 0 Å². The predicted octanol–water partition coefficient (Wildman–Crippen LogP) is 3.64. The fourth-order valence-electron chi connectivity index (χ4n) is 2.27. The Morgan fingerprint density at radius 1 is 1.29 bits per heavy atom.